The van der Waals surface area contributed by atoms with Crippen LogP contribution in [0.25, 0.3) is 0 Å². The molecule has 0 aliphatic heterocycles. The number of aromatic nitrogens is 2. The number of nitrogens with zero attached hydrogens (tertiary/aromatic N) is 2. The molecule has 0 saturated carbocycles. The maximum atomic E-state index is 4.13. The van der Waals surface area contributed by atoms with Gasteiger partial charge in [-0.1, -0.05) is 20.8 Å². The topological polar surface area (TPSA) is 17.8 Å². The van der Waals surface area contributed by atoms with Crippen molar-refractivity contribution in [1.29, 1.82) is 0 Å². The minimum Gasteiger partial charge on any atom is -0.255 e. The molecular formula is C7H14ClN2P. The highest BCUT2D eigenvalue weighted by Gasteiger charge is 2.10. The number of hydrogen-bond donors (Lipinski definition) is 0. The van der Waals surface area contributed by atoms with Gasteiger partial charge in [0.15, 0.2) is 0 Å². The van der Waals surface area contributed by atoms with E-state index < -0.39 is 0 Å². The minimum atomic E-state index is 0. The van der Waals surface area contributed by atoms with Gasteiger partial charge in [-0.05, 0) is 11.2 Å². The molecule has 0 spiro atoms. The molecule has 11 heavy (non-hydrogen) atoms. The molecule has 0 amide bonds. The fraction of sp³-hybridized carbons (Fsp3) is 0.571. The van der Waals surface area contributed by atoms with Crippen LogP contribution in [0, 0.1) is 0 Å². The van der Waals surface area contributed by atoms with Gasteiger partial charge < -0.3 is 0 Å². The highest BCUT2D eigenvalue weighted by Crippen LogP contribution is 2.30. The van der Waals surface area contributed by atoms with Gasteiger partial charge in [-0.25, -0.2) is 0 Å². The maximum absolute atomic E-state index is 4.13. The smallest absolute Gasteiger partial charge is 0.0492 e. The zero-order chi connectivity index (χ0) is 7.61. The van der Waals surface area contributed by atoms with Crippen LogP contribution in [-0.2, 0) is 0 Å². The van der Waals surface area contributed by atoms with Gasteiger partial charge in [0.1, 0.15) is 0 Å². The van der Waals surface area contributed by atoms with E-state index >= 15 is 0 Å². The van der Waals surface area contributed by atoms with Gasteiger partial charge in [-0.2, -0.15) is 5.10 Å². The lowest BCUT2D eigenvalue weighted by molar-refractivity contribution is 0.774. The lowest BCUT2D eigenvalue weighted by atomic mass is 10.3. The van der Waals surface area contributed by atoms with Crippen LogP contribution < -0.4 is 0 Å². The second-order valence-corrected chi connectivity index (χ2v) is 5.49. The number of rotatable bonds is 1. The summed E-state index contributed by atoms with van der Waals surface area (Å²) in [4.78, 5) is 0. The lowest BCUT2D eigenvalue weighted by Gasteiger charge is -2.17. The van der Waals surface area contributed by atoms with E-state index in [-0.39, 0.29) is 12.4 Å². The van der Waals surface area contributed by atoms with E-state index in [0.29, 0.717) is 5.16 Å². The average Bonchev–Trinajstić information content (AvgIpc) is 2.12. The Morgan fingerprint density at radius 2 is 2.00 bits per heavy atom. The van der Waals surface area contributed by atoms with E-state index in [1.54, 1.807) is 0 Å². The lowest BCUT2D eigenvalue weighted by Crippen LogP contribution is -2.08. The Morgan fingerprint density at radius 3 is 2.36 bits per heavy atom. The first-order valence-corrected chi connectivity index (χ1v) is 4.30. The van der Waals surface area contributed by atoms with E-state index in [4.69, 9.17) is 0 Å². The van der Waals surface area contributed by atoms with E-state index in [1.165, 1.54) is 0 Å². The molecule has 0 aromatic carbocycles. The molecule has 0 fully saturated rings. The Balaban J connectivity index is 0.000001000. The van der Waals surface area contributed by atoms with Gasteiger partial charge in [-0.3, -0.25) is 4.45 Å². The molecule has 1 aromatic rings. The third-order valence-electron chi connectivity index (χ3n) is 0.954. The van der Waals surface area contributed by atoms with Crippen molar-refractivity contribution in [2.75, 3.05) is 0 Å². The molecule has 4 heteroatoms. The summed E-state index contributed by atoms with van der Waals surface area (Å²) in [7, 11) is 0.744. The molecule has 64 valence electrons. The Labute approximate surface area is 75.6 Å². The Bertz CT molecular complexity index is 191. The standard InChI is InChI=1S/C7H13N2P.ClH/c1-7(2,3)10-9-6-4-5-8-9;/h4-6,10H,1-3H3;1H. The van der Waals surface area contributed by atoms with E-state index in [2.05, 4.69) is 25.9 Å². The zero-order valence-corrected chi connectivity index (χ0v) is 8.85. The second-order valence-electron chi connectivity index (χ2n) is 3.31. The van der Waals surface area contributed by atoms with Crippen LogP contribution in [0.5, 0.6) is 0 Å². The summed E-state index contributed by atoms with van der Waals surface area (Å²) in [5.74, 6) is 0. The van der Waals surface area contributed by atoms with Crippen molar-refractivity contribution in [2.24, 2.45) is 0 Å². The first-order chi connectivity index (χ1) is 4.58. The van der Waals surface area contributed by atoms with Crippen molar-refractivity contribution in [2.45, 2.75) is 25.9 Å². The van der Waals surface area contributed by atoms with Crippen LogP contribution in [0.3, 0.4) is 0 Å². The van der Waals surface area contributed by atoms with Crippen molar-refractivity contribution in [1.82, 2.24) is 9.55 Å². The summed E-state index contributed by atoms with van der Waals surface area (Å²) in [5, 5.41) is 4.48. The van der Waals surface area contributed by atoms with E-state index in [9.17, 15) is 0 Å². The van der Waals surface area contributed by atoms with Gasteiger partial charge >= 0.3 is 0 Å². The van der Waals surface area contributed by atoms with Gasteiger partial charge in [0, 0.05) is 21.1 Å². The highest BCUT2D eigenvalue weighted by molar-refractivity contribution is 7.37. The molecule has 1 unspecified atom stereocenters. The minimum absolute atomic E-state index is 0. The third-order valence-corrected chi connectivity index (χ3v) is 2.12. The molecule has 0 radical (unpaired) electrons. The maximum Gasteiger partial charge on any atom is 0.0492 e. The summed E-state index contributed by atoms with van der Waals surface area (Å²) < 4.78 is 1.99. The molecule has 0 saturated heterocycles. The predicted molar refractivity (Wildman–Crippen MR) is 52.9 cm³/mol. The predicted octanol–water partition coefficient (Wildman–Crippen LogP) is 2.55. The van der Waals surface area contributed by atoms with Crippen LogP contribution in [0.15, 0.2) is 18.5 Å². The van der Waals surface area contributed by atoms with Crippen LogP contribution in [-0.4, -0.2) is 14.7 Å². The summed E-state index contributed by atoms with van der Waals surface area (Å²) in [6.07, 6.45) is 3.82. The van der Waals surface area contributed by atoms with Crippen molar-refractivity contribution >= 4 is 21.1 Å². The summed E-state index contributed by atoms with van der Waals surface area (Å²) in [6, 6.07) is 1.96. The van der Waals surface area contributed by atoms with Gasteiger partial charge in [0.25, 0.3) is 0 Å². The fourth-order valence-electron chi connectivity index (χ4n) is 0.679. The molecule has 1 aromatic heterocycles. The quantitative estimate of drug-likeness (QED) is 0.626. The van der Waals surface area contributed by atoms with Gasteiger partial charge in [0.2, 0.25) is 0 Å². The number of hydrogen-bond acceptors (Lipinski definition) is 1. The van der Waals surface area contributed by atoms with Crippen molar-refractivity contribution in [3.63, 3.8) is 0 Å². The van der Waals surface area contributed by atoms with Crippen molar-refractivity contribution < 1.29 is 0 Å². The molecule has 0 N–H and O–H groups in total. The molecule has 0 aliphatic carbocycles. The molecular weight excluding hydrogens is 179 g/mol. The second kappa shape index (κ2) is 4.08. The summed E-state index contributed by atoms with van der Waals surface area (Å²) in [6.45, 7) is 6.65. The first-order valence-electron chi connectivity index (χ1n) is 3.36. The monoisotopic (exact) mass is 192 g/mol. The normalized spacial score (nSPS) is 11.9. The van der Waals surface area contributed by atoms with Crippen LogP contribution >= 0.6 is 21.1 Å². The largest absolute Gasteiger partial charge is 0.255 e. The molecule has 1 atom stereocenters. The Morgan fingerprint density at radius 1 is 1.36 bits per heavy atom. The Hall–Kier alpha value is -0.0700. The van der Waals surface area contributed by atoms with E-state index in [1.807, 2.05) is 22.9 Å². The van der Waals surface area contributed by atoms with Crippen LogP contribution in [0.4, 0.5) is 0 Å². The van der Waals surface area contributed by atoms with Crippen LogP contribution in [0.2, 0.25) is 0 Å². The Kier molecular flexibility index (Phi) is 4.05. The molecule has 0 bridgehead atoms. The summed E-state index contributed by atoms with van der Waals surface area (Å²) >= 11 is 0. The number of halogens is 1. The third kappa shape index (κ3) is 4.39. The molecule has 1 heterocycles. The SMILES string of the molecule is CC(C)(C)Pn1cccn1.Cl. The highest BCUT2D eigenvalue weighted by atomic mass is 35.5. The molecule has 2 nitrogen and oxygen atoms in total. The molecule has 1 rings (SSSR count). The average molecular weight is 193 g/mol. The van der Waals surface area contributed by atoms with Gasteiger partial charge in [0.05, 0.1) is 0 Å². The summed E-state index contributed by atoms with van der Waals surface area (Å²) in [5.41, 5.74) is 0. The zero-order valence-electron chi connectivity index (χ0n) is 7.03. The fourth-order valence-corrected chi connectivity index (χ4v) is 1.65. The van der Waals surface area contributed by atoms with Gasteiger partial charge in [-0.15, -0.1) is 12.4 Å². The van der Waals surface area contributed by atoms with E-state index in [0.717, 1.165) is 8.73 Å². The van der Waals surface area contributed by atoms with Crippen molar-refractivity contribution in [3.8, 4) is 0 Å². The first kappa shape index (κ1) is 10.9. The van der Waals surface area contributed by atoms with Crippen molar-refractivity contribution in [3.05, 3.63) is 18.5 Å². The van der Waals surface area contributed by atoms with Crippen LogP contribution in [0.1, 0.15) is 20.8 Å². The molecule has 0 aliphatic rings.